The van der Waals surface area contributed by atoms with Crippen LogP contribution in [0.3, 0.4) is 0 Å². The molecular weight excluding hydrogens is 380 g/mol. The number of ether oxygens (including phenoxy) is 1. The summed E-state index contributed by atoms with van der Waals surface area (Å²) in [5, 5.41) is 0.679. The second-order valence-electron chi connectivity index (χ2n) is 7.36. The van der Waals surface area contributed by atoms with Crippen molar-refractivity contribution in [2.24, 2.45) is 5.92 Å². The summed E-state index contributed by atoms with van der Waals surface area (Å²) in [6, 6.07) is 28.2. The molecule has 0 bridgehead atoms. The van der Waals surface area contributed by atoms with E-state index in [1.807, 2.05) is 48.5 Å². The van der Waals surface area contributed by atoms with Crippen molar-refractivity contribution in [2.45, 2.75) is 25.9 Å². The molecule has 0 fully saturated rings. The second-order valence-corrected chi connectivity index (χ2v) is 7.80. The molecule has 1 atom stereocenters. The van der Waals surface area contributed by atoms with E-state index >= 15 is 0 Å². The number of hydrogen-bond donors (Lipinski definition) is 0. The Morgan fingerprint density at radius 3 is 2.03 bits per heavy atom. The van der Waals surface area contributed by atoms with Gasteiger partial charge in [0.05, 0.1) is 5.92 Å². The first-order valence-corrected chi connectivity index (χ1v) is 10.3. The zero-order chi connectivity index (χ0) is 20.1. The van der Waals surface area contributed by atoms with Gasteiger partial charge >= 0.3 is 5.97 Å². The van der Waals surface area contributed by atoms with Crippen LogP contribution in [-0.2, 0) is 16.1 Å². The molecule has 29 heavy (non-hydrogen) atoms. The van der Waals surface area contributed by atoms with Crippen molar-refractivity contribution in [1.82, 2.24) is 0 Å². The van der Waals surface area contributed by atoms with Crippen LogP contribution in [0.25, 0.3) is 11.1 Å². The summed E-state index contributed by atoms with van der Waals surface area (Å²) in [6.07, 6.45) is 2.38. The minimum absolute atomic E-state index is 0.120. The summed E-state index contributed by atoms with van der Waals surface area (Å²) >= 11 is 5.92. The molecule has 4 rings (SSSR count). The summed E-state index contributed by atoms with van der Waals surface area (Å²) in [4.78, 5) is 12.8. The van der Waals surface area contributed by atoms with E-state index in [0.29, 0.717) is 11.4 Å². The fourth-order valence-corrected chi connectivity index (χ4v) is 4.01. The van der Waals surface area contributed by atoms with E-state index < -0.39 is 0 Å². The Kier molecular flexibility index (Phi) is 6.12. The maximum atomic E-state index is 12.8. The molecule has 0 heterocycles. The average Bonchev–Trinajstić information content (AvgIpc) is 2.79. The van der Waals surface area contributed by atoms with E-state index in [1.54, 1.807) is 0 Å². The van der Waals surface area contributed by atoms with Crippen LogP contribution in [0.4, 0.5) is 0 Å². The molecule has 0 saturated carbocycles. The molecule has 3 aromatic rings. The summed E-state index contributed by atoms with van der Waals surface area (Å²) in [7, 11) is 0. The van der Waals surface area contributed by atoms with Gasteiger partial charge in [0.1, 0.15) is 6.61 Å². The Labute approximate surface area is 176 Å². The standard InChI is InChI=1S/C26H23ClO2/c27-23-14-11-19(12-15-23)18-29-26(28)22-13-16-24(20-7-3-1-4-8-20)25(17-22)21-9-5-2-6-10-21/h1-12,14-15,22H,13,16-18H2. The van der Waals surface area contributed by atoms with E-state index in [1.165, 1.54) is 22.3 Å². The van der Waals surface area contributed by atoms with E-state index in [2.05, 4.69) is 36.4 Å². The SMILES string of the molecule is O=C(OCc1ccc(Cl)cc1)C1CCC(c2ccccc2)=C(c2ccccc2)C1. The van der Waals surface area contributed by atoms with Crippen LogP contribution in [0, 0.1) is 5.92 Å². The molecule has 0 N–H and O–H groups in total. The third-order valence-corrected chi connectivity index (χ3v) is 5.68. The average molecular weight is 403 g/mol. The molecule has 0 spiro atoms. The molecule has 3 heteroatoms. The van der Waals surface area contributed by atoms with Gasteiger partial charge in [-0.05, 0) is 59.2 Å². The zero-order valence-corrected chi connectivity index (χ0v) is 16.9. The smallest absolute Gasteiger partial charge is 0.309 e. The Bertz CT molecular complexity index is 992. The second kappa shape index (κ2) is 9.11. The molecule has 1 unspecified atom stereocenters. The normalized spacial score (nSPS) is 16.5. The van der Waals surface area contributed by atoms with Crippen molar-refractivity contribution in [2.75, 3.05) is 0 Å². The summed E-state index contributed by atoms with van der Waals surface area (Å²) in [5.41, 5.74) is 5.94. The Balaban J connectivity index is 1.53. The highest BCUT2D eigenvalue weighted by Crippen LogP contribution is 2.41. The number of rotatable bonds is 5. The fourth-order valence-electron chi connectivity index (χ4n) is 3.88. The third-order valence-electron chi connectivity index (χ3n) is 5.43. The Morgan fingerprint density at radius 1 is 0.828 bits per heavy atom. The van der Waals surface area contributed by atoms with Gasteiger partial charge in [-0.2, -0.15) is 0 Å². The largest absolute Gasteiger partial charge is 0.461 e. The predicted octanol–water partition coefficient (Wildman–Crippen LogP) is 6.79. The number of carbonyl (C=O) groups is 1. The van der Waals surface area contributed by atoms with E-state index in [0.717, 1.165) is 18.4 Å². The maximum absolute atomic E-state index is 12.8. The van der Waals surface area contributed by atoms with Gasteiger partial charge in [-0.1, -0.05) is 84.4 Å². The van der Waals surface area contributed by atoms with Gasteiger partial charge in [0.2, 0.25) is 0 Å². The first-order chi connectivity index (χ1) is 14.2. The van der Waals surface area contributed by atoms with Gasteiger partial charge in [-0.3, -0.25) is 4.79 Å². The van der Waals surface area contributed by atoms with Crippen molar-refractivity contribution < 1.29 is 9.53 Å². The van der Waals surface area contributed by atoms with Crippen LogP contribution in [-0.4, -0.2) is 5.97 Å². The Hall–Kier alpha value is -2.84. The van der Waals surface area contributed by atoms with Gasteiger partial charge in [-0.15, -0.1) is 0 Å². The molecule has 1 aliphatic carbocycles. The molecule has 0 amide bonds. The fraction of sp³-hybridized carbons (Fsp3) is 0.192. The molecule has 3 aromatic carbocycles. The van der Waals surface area contributed by atoms with Gasteiger partial charge in [0.25, 0.3) is 0 Å². The Morgan fingerprint density at radius 2 is 1.41 bits per heavy atom. The summed E-state index contributed by atoms with van der Waals surface area (Å²) in [6.45, 7) is 0.280. The lowest BCUT2D eigenvalue weighted by molar-refractivity contribution is -0.150. The third kappa shape index (κ3) is 4.78. The van der Waals surface area contributed by atoms with Crippen molar-refractivity contribution in [3.63, 3.8) is 0 Å². The molecule has 0 aliphatic heterocycles. The quantitative estimate of drug-likeness (QED) is 0.439. The van der Waals surface area contributed by atoms with Crippen LogP contribution in [0.2, 0.25) is 5.02 Å². The number of carbonyl (C=O) groups excluding carboxylic acids is 1. The first-order valence-electron chi connectivity index (χ1n) is 9.94. The zero-order valence-electron chi connectivity index (χ0n) is 16.2. The van der Waals surface area contributed by atoms with E-state index in [4.69, 9.17) is 16.3 Å². The lowest BCUT2D eigenvalue weighted by atomic mass is 9.78. The van der Waals surface area contributed by atoms with Crippen molar-refractivity contribution in [3.8, 4) is 0 Å². The van der Waals surface area contributed by atoms with Crippen LogP contribution in [0.5, 0.6) is 0 Å². The lowest BCUT2D eigenvalue weighted by Crippen LogP contribution is -2.21. The molecule has 2 nitrogen and oxygen atoms in total. The molecule has 0 aromatic heterocycles. The number of esters is 1. The van der Waals surface area contributed by atoms with Gasteiger partial charge < -0.3 is 4.74 Å². The van der Waals surface area contributed by atoms with Gasteiger partial charge in [0, 0.05) is 5.02 Å². The van der Waals surface area contributed by atoms with Crippen LogP contribution >= 0.6 is 11.6 Å². The molecule has 0 radical (unpaired) electrons. The summed E-state index contributed by atoms with van der Waals surface area (Å²) in [5.74, 6) is -0.245. The van der Waals surface area contributed by atoms with Gasteiger partial charge in [0.15, 0.2) is 0 Å². The monoisotopic (exact) mass is 402 g/mol. The van der Waals surface area contributed by atoms with Crippen LogP contribution < -0.4 is 0 Å². The van der Waals surface area contributed by atoms with Crippen LogP contribution in [0.15, 0.2) is 84.9 Å². The van der Waals surface area contributed by atoms with Crippen LogP contribution in [0.1, 0.15) is 36.0 Å². The number of hydrogen-bond acceptors (Lipinski definition) is 2. The number of allylic oxidation sites excluding steroid dienone is 2. The van der Waals surface area contributed by atoms with Crippen molar-refractivity contribution >= 4 is 28.7 Å². The molecule has 1 aliphatic rings. The number of benzene rings is 3. The molecule has 146 valence electrons. The lowest BCUT2D eigenvalue weighted by Gasteiger charge is -2.27. The maximum Gasteiger partial charge on any atom is 0.309 e. The highest BCUT2D eigenvalue weighted by atomic mass is 35.5. The van der Waals surface area contributed by atoms with Crippen molar-refractivity contribution in [1.29, 1.82) is 0 Å². The highest BCUT2D eigenvalue weighted by molar-refractivity contribution is 6.30. The molecule has 0 saturated heterocycles. The minimum atomic E-state index is -0.125. The van der Waals surface area contributed by atoms with Gasteiger partial charge in [-0.25, -0.2) is 0 Å². The molecular formula is C26H23ClO2. The highest BCUT2D eigenvalue weighted by Gasteiger charge is 2.28. The topological polar surface area (TPSA) is 26.3 Å². The van der Waals surface area contributed by atoms with Crippen molar-refractivity contribution in [3.05, 3.63) is 107 Å². The van der Waals surface area contributed by atoms with E-state index in [9.17, 15) is 4.79 Å². The summed E-state index contributed by atoms with van der Waals surface area (Å²) < 4.78 is 5.63. The number of halogens is 1. The minimum Gasteiger partial charge on any atom is -0.461 e. The predicted molar refractivity (Wildman–Crippen MR) is 118 cm³/mol. The van der Waals surface area contributed by atoms with E-state index in [-0.39, 0.29) is 18.5 Å². The first kappa shape index (κ1) is 19.5.